The normalized spacial score (nSPS) is 32.4. The number of carbonyl (C=O) groups is 3. The molecule has 2 bridgehead atoms. The smallest absolute Gasteiger partial charge is 0.234 e. The van der Waals surface area contributed by atoms with Crippen LogP contribution in [0.25, 0.3) is 0 Å². The maximum atomic E-state index is 12.7. The molecular weight excluding hydrogens is 294 g/mol. The summed E-state index contributed by atoms with van der Waals surface area (Å²) in [5, 5.41) is 11.6. The molecular formula is C18H16NO4-. The van der Waals surface area contributed by atoms with Gasteiger partial charge in [0.25, 0.3) is 0 Å². The molecule has 0 unspecified atom stereocenters. The monoisotopic (exact) mass is 310 g/mol. The number of carbonyl (C=O) groups excluding carboxylic acids is 3. The van der Waals surface area contributed by atoms with Crippen molar-refractivity contribution in [1.82, 2.24) is 4.90 Å². The molecule has 2 aliphatic carbocycles. The molecule has 1 heterocycles. The van der Waals surface area contributed by atoms with Crippen molar-refractivity contribution in [2.75, 3.05) is 0 Å². The highest BCUT2D eigenvalue weighted by molar-refractivity contribution is 6.08. The molecule has 0 radical (unpaired) electrons. The van der Waals surface area contributed by atoms with Gasteiger partial charge in [0.1, 0.15) is 0 Å². The Morgan fingerprint density at radius 1 is 1.09 bits per heavy atom. The lowest BCUT2D eigenvalue weighted by atomic mass is 9.85. The van der Waals surface area contributed by atoms with Gasteiger partial charge in [-0.15, -0.1) is 0 Å². The molecule has 2 amide bonds. The van der Waals surface area contributed by atoms with Gasteiger partial charge in [-0.05, 0) is 30.2 Å². The maximum absolute atomic E-state index is 12.7. The lowest BCUT2D eigenvalue weighted by Crippen LogP contribution is -2.52. The molecule has 3 aliphatic rings. The molecule has 1 aromatic carbocycles. The highest BCUT2D eigenvalue weighted by atomic mass is 16.4. The zero-order valence-corrected chi connectivity index (χ0v) is 12.4. The van der Waals surface area contributed by atoms with Crippen LogP contribution in [0, 0.1) is 23.7 Å². The number of fused-ring (bicyclic) bond motifs is 5. The Bertz CT molecular complexity index is 681. The van der Waals surface area contributed by atoms with Gasteiger partial charge in [-0.25, -0.2) is 0 Å². The van der Waals surface area contributed by atoms with E-state index in [1.54, 1.807) is 24.3 Å². The predicted molar refractivity (Wildman–Crippen MR) is 78.5 cm³/mol. The standard InChI is InChI=1S/C18H17NO4/c20-16-14-11-6-7-12(9-11)15(14)17(21)19(16)13(18(22)23)8-10-4-2-1-3-5-10/h1-7,11-15H,8-9H2,(H,22,23)/p-1/t11-,12+,13-,14+,15-/m0/s1. The second-order valence-electron chi connectivity index (χ2n) is 6.57. The lowest BCUT2D eigenvalue weighted by Gasteiger charge is -2.28. The van der Waals surface area contributed by atoms with Crippen LogP contribution in [0.1, 0.15) is 12.0 Å². The summed E-state index contributed by atoms with van der Waals surface area (Å²) in [6, 6.07) is 7.77. The average molecular weight is 310 g/mol. The van der Waals surface area contributed by atoms with E-state index in [2.05, 4.69) is 0 Å². The number of aliphatic carboxylic acids is 1. The minimum atomic E-state index is -1.38. The quantitative estimate of drug-likeness (QED) is 0.586. The van der Waals surface area contributed by atoms with Crippen LogP contribution in [-0.2, 0) is 20.8 Å². The van der Waals surface area contributed by atoms with Crippen molar-refractivity contribution >= 4 is 17.8 Å². The molecule has 1 saturated carbocycles. The first-order valence-corrected chi connectivity index (χ1v) is 7.88. The molecule has 118 valence electrons. The van der Waals surface area contributed by atoms with E-state index in [1.807, 2.05) is 18.2 Å². The average Bonchev–Trinajstić information content (AvgIpc) is 3.21. The van der Waals surface area contributed by atoms with E-state index in [-0.39, 0.29) is 41.9 Å². The van der Waals surface area contributed by atoms with Gasteiger partial charge in [-0.1, -0.05) is 42.5 Å². The number of nitrogens with zero attached hydrogens (tertiary/aromatic N) is 1. The Labute approximate surface area is 133 Å². The van der Waals surface area contributed by atoms with Gasteiger partial charge in [-0.2, -0.15) is 0 Å². The lowest BCUT2D eigenvalue weighted by molar-refractivity contribution is -0.310. The van der Waals surface area contributed by atoms with Crippen molar-refractivity contribution < 1.29 is 19.5 Å². The number of likely N-dealkylation sites (tertiary alicyclic amines) is 1. The van der Waals surface area contributed by atoms with Crippen LogP contribution >= 0.6 is 0 Å². The first-order chi connectivity index (χ1) is 11.1. The van der Waals surface area contributed by atoms with Crippen LogP contribution in [0.4, 0.5) is 0 Å². The Morgan fingerprint density at radius 3 is 2.17 bits per heavy atom. The van der Waals surface area contributed by atoms with Crippen LogP contribution in [0.15, 0.2) is 42.5 Å². The fourth-order valence-corrected chi connectivity index (χ4v) is 4.35. The summed E-state index contributed by atoms with van der Waals surface area (Å²) in [6.45, 7) is 0. The first kappa shape index (κ1) is 14.2. The zero-order valence-electron chi connectivity index (χ0n) is 12.4. The number of carboxylic acids is 1. The van der Waals surface area contributed by atoms with E-state index in [4.69, 9.17) is 0 Å². The molecule has 2 fully saturated rings. The van der Waals surface area contributed by atoms with Crippen LogP contribution in [0.3, 0.4) is 0 Å². The summed E-state index contributed by atoms with van der Waals surface area (Å²) in [5.41, 5.74) is 0.764. The van der Waals surface area contributed by atoms with Gasteiger partial charge in [0.2, 0.25) is 11.8 Å². The molecule has 5 atom stereocenters. The molecule has 0 aromatic heterocycles. The molecule has 1 aromatic rings. The van der Waals surface area contributed by atoms with E-state index in [0.29, 0.717) is 0 Å². The fourth-order valence-electron chi connectivity index (χ4n) is 4.35. The number of imide groups is 1. The minimum absolute atomic E-state index is 0.0746. The molecule has 0 spiro atoms. The zero-order chi connectivity index (χ0) is 16.1. The van der Waals surface area contributed by atoms with Gasteiger partial charge in [0.05, 0.1) is 23.8 Å². The number of benzene rings is 1. The van der Waals surface area contributed by atoms with Gasteiger partial charge in [-0.3, -0.25) is 14.5 Å². The van der Waals surface area contributed by atoms with Crippen molar-refractivity contribution in [2.24, 2.45) is 23.7 Å². The van der Waals surface area contributed by atoms with Crippen molar-refractivity contribution in [3.8, 4) is 0 Å². The fraction of sp³-hybridized carbons (Fsp3) is 0.389. The molecule has 5 nitrogen and oxygen atoms in total. The van der Waals surface area contributed by atoms with Crippen LogP contribution in [-0.4, -0.2) is 28.7 Å². The summed E-state index contributed by atoms with van der Waals surface area (Å²) in [6.07, 6.45) is 4.90. The first-order valence-electron chi connectivity index (χ1n) is 7.88. The topological polar surface area (TPSA) is 77.5 Å². The number of allylic oxidation sites excluding steroid dienone is 2. The van der Waals surface area contributed by atoms with Crippen molar-refractivity contribution in [1.29, 1.82) is 0 Å². The molecule has 1 saturated heterocycles. The minimum Gasteiger partial charge on any atom is -0.548 e. The number of hydrogen-bond acceptors (Lipinski definition) is 4. The molecule has 4 rings (SSSR count). The van der Waals surface area contributed by atoms with E-state index in [9.17, 15) is 19.5 Å². The Hall–Kier alpha value is -2.43. The van der Waals surface area contributed by atoms with Crippen LogP contribution < -0.4 is 5.11 Å². The molecule has 0 N–H and O–H groups in total. The Kier molecular flexibility index (Phi) is 3.11. The van der Waals surface area contributed by atoms with Crippen LogP contribution in [0.5, 0.6) is 0 Å². The van der Waals surface area contributed by atoms with Gasteiger partial charge in [0, 0.05) is 0 Å². The van der Waals surface area contributed by atoms with Gasteiger partial charge >= 0.3 is 0 Å². The number of carboxylic acid groups (broad SMARTS) is 1. The third-order valence-electron chi connectivity index (χ3n) is 5.36. The van der Waals surface area contributed by atoms with Gasteiger partial charge in [0.15, 0.2) is 0 Å². The van der Waals surface area contributed by atoms with Gasteiger partial charge < -0.3 is 9.90 Å². The van der Waals surface area contributed by atoms with Crippen molar-refractivity contribution in [3.05, 3.63) is 48.0 Å². The number of rotatable bonds is 4. The van der Waals surface area contributed by atoms with Crippen molar-refractivity contribution in [3.63, 3.8) is 0 Å². The highest BCUT2D eigenvalue weighted by Crippen LogP contribution is 2.52. The Morgan fingerprint density at radius 2 is 1.65 bits per heavy atom. The van der Waals surface area contributed by atoms with Crippen LogP contribution in [0.2, 0.25) is 0 Å². The SMILES string of the molecule is O=C([O-])[C@H](Cc1ccccc1)N1C(=O)[C@@H]2[C@H](C1=O)[C@H]1C=C[C@@H]2C1. The summed E-state index contributed by atoms with van der Waals surface area (Å²) in [7, 11) is 0. The highest BCUT2D eigenvalue weighted by Gasteiger charge is 2.60. The van der Waals surface area contributed by atoms with E-state index in [0.717, 1.165) is 16.9 Å². The molecule has 5 heteroatoms. The predicted octanol–water partition coefficient (Wildman–Crippen LogP) is 0.155. The number of amides is 2. The Balaban J connectivity index is 1.64. The van der Waals surface area contributed by atoms with Crippen molar-refractivity contribution in [2.45, 2.75) is 18.9 Å². The summed E-state index contributed by atoms with van der Waals surface area (Å²) < 4.78 is 0. The third-order valence-corrected chi connectivity index (χ3v) is 5.36. The molecule has 23 heavy (non-hydrogen) atoms. The van der Waals surface area contributed by atoms with E-state index >= 15 is 0 Å². The second-order valence-corrected chi connectivity index (χ2v) is 6.57. The second kappa shape index (κ2) is 5.05. The summed E-state index contributed by atoms with van der Waals surface area (Å²) in [4.78, 5) is 38.0. The molecule has 1 aliphatic heterocycles. The largest absolute Gasteiger partial charge is 0.548 e. The summed E-state index contributed by atoms with van der Waals surface area (Å²) in [5.74, 6) is -2.68. The van der Waals surface area contributed by atoms with E-state index in [1.165, 1.54) is 0 Å². The van der Waals surface area contributed by atoms with E-state index < -0.39 is 12.0 Å². The third kappa shape index (κ3) is 2.03. The maximum Gasteiger partial charge on any atom is 0.234 e. The summed E-state index contributed by atoms with van der Waals surface area (Å²) >= 11 is 0. The number of hydrogen-bond donors (Lipinski definition) is 0.